The second-order valence-electron chi connectivity index (χ2n) is 2.62. The van der Waals surface area contributed by atoms with Crippen molar-refractivity contribution in [1.82, 2.24) is 5.16 Å². The summed E-state index contributed by atoms with van der Waals surface area (Å²) in [5.41, 5.74) is 7.16. The fourth-order valence-electron chi connectivity index (χ4n) is 1.02. The summed E-state index contributed by atoms with van der Waals surface area (Å²) >= 11 is 7.25. The molecule has 0 amide bonds. The SMILES string of the molecule is Cc1c(-c2ccc(Cl)s2)noc1N. The van der Waals surface area contributed by atoms with Gasteiger partial charge in [0.25, 0.3) is 0 Å². The van der Waals surface area contributed by atoms with Gasteiger partial charge in [0.05, 0.1) is 9.21 Å². The Morgan fingerprint density at radius 2 is 2.31 bits per heavy atom. The van der Waals surface area contributed by atoms with Gasteiger partial charge in [-0.1, -0.05) is 16.8 Å². The highest BCUT2D eigenvalue weighted by atomic mass is 35.5. The van der Waals surface area contributed by atoms with E-state index in [0.29, 0.717) is 5.88 Å². The minimum Gasteiger partial charge on any atom is -0.367 e. The van der Waals surface area contributed by atoms with Crippen LogP contribution >= 0.6 is 22.9 Å². The monoisotopic (exact) mass is 214 g/mol. The zero-order valence-electron chi connectivity index (χ0n) is 6.87. The Hall–Kier alpha value is -1.00. The van der Waals surface area contributed by atoms with Crippen molar-refractivity contribution in [3.63, 3.8) is 0 Å². The van der Waals surface area contributed by atoms with Crippen LogP contribution in [0.25, 0.3) is 10.6 Å². The van der Waals surface area contributed by atoms with E-state index in [0.717, 1.165) is 20.5 Å². The third-order valence-electron chi connectivity index (χ3n) is 1.77. The van der Waals surface area contributed by atoms with Gasteiger partial charge in [-0.3, -0.25) is 0 Å². The molecule has 0 saturated heterocycles. The molecule has 0 bridgehead atoms. The summed E-state index contributed by atoms with van der Waals surface area (Å²) in [6.07, 6.45) is 0. The van der Waals surface area contributed by atoms with Crippen LogP contribution in [-0.2, 0) is 0 Å². The zero-order chi connectivity index (χ0) is 9.42. The van der Waals surface area contributed by atoms with E-state index < -0.39 is 0 Å². The Kier molecular flexibility index (Phi) is 2.01. The van der Waals surface area contributed by atoms with Crippen LogP contribution < -0.4 is 5.73 Å². The molecule has 13 heavy (non-hydrogen) atoms. The molecule has 0 aliphatic carbocycles. The van der Waals surface area contributed by atoms with Crippen molar-refractivity contribution in [3.8, 4) is 10.6 Å². The van der Waals surface area contributed by atoms with E-state index in [1.807, 2.05) is 19.1 Å². The predicted molar refractivity (Wildman–Crippen MR) is 54.0 cm³/mol. The summed E-state index contributed by atoms with van der Waals surface area (Å²) in [7, 11) is 0. The van der Waals surface area contributed by atoms with E-state index in [2.05, 4.69) is 5.16 Å². The van der Waals surface area contributed by atoms with E-state index in [-0.39, 0.29) is 0 Å². The Labute approximate surface area is 84.1 Å². The molecular formula is C8H7ClN2OS. The van der Waals surface area contributed by atoms with E-state index in [4.69, 9.17) is 21.9 Å². The van der Waals surface area contributed by atoms with Gasteiger partial charge in [-0.05, 0) is 19.1 Å². The molecule has 2 aromatic heterocycles. The fraction of sp³-hybridized carbons (Fsp3) is 0.125. The summed E-state index contributed by atoms with van der Waals surface area (Å²) in [6.45, 7) is 1.87. The summed E-state index contributed by atoms with van der Waals surface area (Å²) in [6, 6.07) is 3.73. The van der Waals surface area contributed by atoms with Gasteiger partial charge in [0, 0.05) is 5.56 Å². The number of aromatic nitrogens is 1. The smallest absolute Gasteiger partial charge is 0.225 e. The largest absolute Gasteiger partial charge is 0.367 e. The molecular weight excluding hydrogens is 208 g/mol. The lowest BCUT2D eigenvalue weighted by molar-refractivity contribution is 0.439. The van der Waals surface area contributed by atoms with Crippen molar-refractivity contribution < 1.29 is 4.52 Å². The number of hydrogen-bond acceptors (Lipinski definition) is 4. The number of halogens is 1. The lowest BCUT2D eigenvalue weighted by atomic mass is 10.2. The van der Waals surface area contributed by atoms with Crippen molar-refractivity contribution in [3.05, 3.63) is 22.0 Å². The molecule has 0 atom stereocenters. The number of rotatable bonds is 1. The van der Waals surface area contributed by atoms with E-state index in [1.54, 1.807) is 0 Å². The molecule has 2 rings (SSSR count). The molecule has 0 unspecified atom stereocenters. The summed E-state index contributed by atoms with van der Waals surface area (Å²) in [5.74, 6) is 0.361. The quantitative estimate of drug-likeness (QED) is 0.794. The molecule has 5 heteroatoms. The molecule has 2 heterocycles. The average Bonchev–Trinajstić information content (AvgIpc) is 2.62. The summed E-state index contributed by atoms with van der Waals surface area (Å²) < 4.78 is 5.58. The minimum absolute atomic E-state index is 0.361. The van der Waals surface area contributed by atoms with Crippen LogP contribution in [0.2, 0.25) is 4.34 Å². The van der Waals surface area contributed by atoms with Crippen LogP contribution in [0.1, 0.15) is 5.56 Å². The van der Waals surface area contributed by atoms with Crippen molar-refractivity contribution in [1.29, 1.82) is 0 Å². The highest BCUT2D eigenvalue weighted by molar-refractivity contribution is 7.19. The molecule has 2 aromatic rings. The number of nitrogens with two attached hydrogens (primary N) is 1. The van der Waals surface area contributed by atoms with Gasteiger partial charge >= 0.3 is 0 Å². The first-order chi connectivity index (χ1) is 6.18. The van der Waals surface area contributed by atoms with Gasteiger partial charge in [-0.25, -0.2) is 0 Å². The molecule has 0 fully saturated rings. The Bertz CT molecular complexity index is 435. The number of nitrogens with zero attached hydrogens (tertiary/aromatic N) is 1. The topological polar surface area (TPSA) is 52.0 Å². The normalized spacial score (nSPS) is 10.6. The lowest BCUT2D eigenvalue weighted by Gasteiger charge is -1.89. The maximum atomic E-state index is 5.80. The van der Waals surface area contributed by atoms with E-state index >= 15 is 0 Å². The van der Waals surface area contributed by atoms with Crippen LogP contribution in [0.5, 0.6) is 0 Å². The highest BCUT2D eigenvalue weighted by Gasteiger charge is 2.12. The number of thiophene rings is 1. The van der Waals surface area contributed by atoms with Crippen LogP contribution in [0.3, 0.4) is 0 Å². The van der Waals surface area contributed by atoms with Gasteiger partial charge in [0.2, 0.25) is 5.88 Å². The second-order valence-corrected chi connectivity index (χ2v) is 4.34. The first-order valence-corrected chi connectivity index (χ1v) is 4.85. The second kappa shape index (κ2) is 3.05. The maximum absolute atomic E-state index is 5.80. The molecule has 0 aromatic carbocycles. The van der Waals surface area contributed by atoms with E-state index in [9.17, 15) is 0 Å². The molecule has 0 aliphatic heterocycles. The first-order valence-electron chi connectivity index (χ1n) is 3.66. The predicted octanol–water partition coefficient (Wildman–Crippen LogP) is 2.95. The molecule has 68 valence electrons. The van der Waals surface area contributed by atoms with Crippen LogP contribution in [-0.4, -0.2) is 5.16 Å². The lowest BCUT2D eigenvalue weighted by Crippen LogP contribution is -1.83. The van der Waals surface area contributed by atoms with Gasteiger partial charge in [-0.2, -0.15) is 0 Å². The van der Waals surface area contributed by atoms with Crippen molar-refractivity contribution >= 4 is 28.8 Å². The standard InChI is InChI=1S/C8H7ClN2OS/c1-4-7(11-12-8(4)10)5-2-3-6(9)13-5/h2-3H,10H2,1H3. The molecule has 0 spiro atoms. The van der Waals surface area contributed by atoms with Gasteiger partial charge in [-0.15, -0.1) is 11.3 Å². The van der Waals surface area contributed by atoms with Gasteiger partial charge in [0.1, 0.15) is 5.69 Å². The molecule has 0 aliphatic rings. The third kappa shape index (κ3) is 1.43. The van der Waals surface area contributed by atoms with Crippen molar-refractivity contribution in [2.75, 3.05) is 5.73 Å². The van der Waals surface area contributed by atoms with Crippen molar-refractivity contribution in [2.24, 2.45) is 0 Å². The Morgan fingerprint density at radius 1 is 1.54 bits per heavy atom. The first kappa shape index (κ1) is 8.59. The molecule has 0 saturated carbocycles. The molecule has 0 radical (unpaired) electrons. The Balaban J connectivity index is 2.52. The minimum atomic E-state index is 0.361. The maximum Gasteiger partial charge on any atom is 0.225 e. The molecule has 2 N–H and O–H groups in total. The zero-order valence-corrected chi connectivity index (χ0v) is 8.45. The number of hydrogen-bond donors (Lipinski definition) is 1. The van der Waals surface area contributed by atoms with Gasteiger partial charge in [0.15, 0.2) is 0 Å². The van der Waals surface area contributed by atoms with Gasteiger partial charge < -0.3 is 10.3 Å². The van der Waals surface area contributed by atoms with Crippen LogP contribution in [0.4, 0.5) is 5.88 Å². The fourth-order valence-corrected chi connectivity index (χ4v) is 2.10. The number of anilines is 1. The van der Waals surface area contributed by atoms with Crippen molar-refractivity contribution in [2.45, 2.75) is 6.92 Å². The third-order valence-corrected chi connectivity index (χ3v) is 3.00. The Morgan fingerprint density at radius 3 is 2.77 bits per heavy atom. The highest BCUT2D eigenvalue weighted by Crippen LogP contribution is 2.33. The number of nitrogen functional groups attached to an aromatic ring is 1. The summed E-state index contributed by atoms with van der Waals surface area (Å²) in [5, 5.41) is 3.85. The molecule has 3 nitrogen and oxygen atoms in total. The van der Waals surface area contributed by atoms with Crippen LogP contribution in [0, 0.1) is 6.92 Å². The van der Waals surface area contributed by atoms with E-state index in [1.165, 1.54) is 11.3 Å². The van der Waals surface area contributed by atoms with Crippen LogP contribution in [0.15, 0.2) is 16.7 Å². The summed E-state index contributed by atoms with van der Waals surface area (Å²) in [4.78, 5) is 0.975. The average molecular weight is 215 g/mol.